The number of aromatic amines is 1. The largest absolute Gasteiger partial charge is 0.491 e. The maximum Gasteiger partial charge on any atom is 0.269 e. The van der Waals surface area contributed by atoms with Crippen molar-refractivity contribution >= 4 is 5.91 Å². The van der Waals surface area contributed by atoms with Gasteiger partial charge < -0.3 is 20.1 Å². The molecule has 4 aromatic rings. The van der Waals surface area contributed by atoms with Gasteiger partial charge >= 0.3 is 0 Å². The predicted octanol–water partition coefficient (Wildman–Crippen LogP) is 1.89. The number of amides is 1. The molecule has 1 atom stereocenters. The lowest BCUT2D eigenvalue weighted by Crippen LogP contribution is -2.21. The molecule has 1 amide bonds. The first-order chi connectivity index (χ1) is 17.8. The maximum atomic E-state index is 15.0. The predicted molar refractivity (Wildman–Crippen MR) is 127 cm³/mol. The van der Waals surface area contributed by atoms with Crippen LogP contribution in [0, 0.1) is 17.7 Å². The van der Waals surface area contributed by atoms with Crippen molar-refractivity contribution in [2.24, 2.45) is 5.73 Å². The summed E-state index contributed by atoms with van der Waals surface area (Å²) in [5, 5.41) is 18.0. The molecule has 2 aliphatic rings. The fourth-order valence-corrected chi connectivity index (χ4v) is 4.18. The standard InChI is InChI=1S/C25H21FN8O3/c1-25(36,24-28-7-2-8-29-24)6-5-14-11-15-17(12-16(14)26)37-10-9-34-19(18(20(27)35)30-23(15)34)22-31-21(32-33-22)13-3-4-13/h2,7-8,11-13,36H,3-4,9-10H2,1H3,(H2,27,35)(H,31,32,33). The van der Waals surface area contributed by atoms with E-state index in [2.05, 4.69) is 42.0 Å². The molecule has 186 valence electrons. The van der Waals surface area contributed by atoms with E-state index in [0.717, 1.165) is 18.7 Å². The van der Waals surface area contributed by atoms with E-state index in [9.17, 15) is 9.90 Å². The number of primary amides is 1. The summed E-state index contributed by atoms with van der Waals surface area (Å²) in [6, 6.07) is 4.28. The van der Waals surface area contributed by atoms with Crippen molar-refractivity contribution in [1.29, 1.82) is 0 Å². The first-order valence-corrected chi connectivity index (χ1v) is 11.6. The Hall–Kier alpha value is -4.63. The second-order valence-corrected chi connectivity index (χ2v) is 9.04. The Morgan fingerprint density at radius 3 is 2.81 bits per heavy atom. The van der Waals surface area contributed by atoms with E-state index in [1.165, 1.54) is 31.5 Å². The summed E-state index contributed by atoms with van der Waals surface area (Å²) in [5.74, 6) is 5.98. The molecule has 37 heavy (non-hydrogen) atoms. The molecule has 0 radical (unpaired) electrons. The Labute approximate surface area is 210 Å². The second-order valence-electron chi connectivity index (χ2n) is 9.04. The first kappa shape index (κ1) is 22.8. The van der Waals surface area contributed by atoms with Crippen LogP contribution in [0.15, 0.2) is 30.6 Å². The van der Waals surface area contributed by atoms with Gasteiger partial charge in [-0.25, -0.2) is 24.3 Å². The Balaban J connectivity index is 1.47. The average molecular weight is 500 g/mol. The minimum absolute atomic E-state index is 0.00492. The van der Waals surface area contributed by atoms with Gasteiger partial charge in [-0.15, -0.1) is 0 Å². The molecule has 1 aliphatic heterocycles. The summed E-state index contributed by atoms with van der Waals surface area (Å²) in [6.07, 6.45) is 5.02. The van der Waals surface area contributed by atoms with Crippen molar-refractivity contribution in [3.8, 4) is 40.5 Å². The van der Waals surface area contributed by atoms with Crippen LogP contribution in [0.1, 0.15) is 53.4 Å². The highest BCUT2D eigenvalue weighted by Gasteiger charge is 2.32. The van der Waals surface area contributed by atoms with E-state index < -0.39 is 17.3 Å². The molecule has 6 rings (SSSR count). The van der Waals surface area contributed by atoms with Crippen molar-refractivity contribution in [1.82, 2.24) is 34.7 Å². The normalized spacial score (nSPS) is 15.9. The van der Waals surface area contributed by atoms with E-state index in [1.54, 1.807) is 10.6 Å². The molecule has 1 unspecified atom stereocenters. The lowest BCUT2D eigenvalue weighted by atomic mass is 10.0. The van der Waals surface area contributed by atoms with Crippen LogP contribution < -0.4 is 10.5 Å². The van der Waals surface area contributed by atoms with Gasteiger partial charge in [0.25, 0.3) is 5.91 Å². The summed E-state index contributed by atoms with van der Waals surface area (Å²) in [4.78, 5) is 29.5. The molecule has 1 saturated carbocycles. The van der Waals surface area contributed by atoms with Gasteiger partial charge in [-0.2, -0.15) is 5.10 Å². The van der Waals surface area contributed by atoms with Gasteiger partial charge in [0.05, 0.1) is 17.7 Å². The quantitative estimate of drug-likeness (QED) is 0.359. The monoisotopic (exact) mass is 500 g/mol. The van der Waals surface area contributed by atoms with Crippen LogP contribution in [0.2, 0.25) is 0 Å². The molecule has 0 bridgehead atoms. The third-order valence-corrected chi connectivity index (χ3v) is 6.20. The zero-order valence-corrected chi connectivity index (χ0v) is 19.7. The zero-order valence-electron chi connectivity index (χ0n) is 19.7. The van der Waals surface area contributed by atoms with Gasteiger partial charge in [-0.3, -0.25) is 9.89 Å². The van der Waals surface area contributed by atoms with Crippen LogP contribution in [0.25, 0.3) is 22.9 Å². The number of nitrogens with two attached hydrogens (primary N) is 1. The second kappa shape index (κ2) is 8.49. The molecule has 0 spiro atoms. The summed E-state index contributed by atoms with van der Waals surface area (Å²) >= 11 is 0. The molecular formula is C25H21FN8O3. The molecule has 12 heteroatoms. The first-order valence-electron chi connectivity index (χ1n) is 11.6. The average Bonchev–Trinajstić information content (AvgIpc) is 3.54. The number of aromatic nitrogens is 7. The molecule has 11 nitrogen and oxygen atoms in total. The SMILES string of the molecule is CC(O)(C#Cc1cc2c(cc1F)OCCn1c-2nc(C(N)=O)c1-c1n[nH]c(C2CC2)n1)c1ncccn1. The highest BCUT2D eigenvalue weighted by atomic mass is 19.1. The van der Waals surface area contributed by atoms with Crippen LogP contribution in [0.5, 0.6) is 5.75 Å². The Morgan fingerprint density at radius 2 is 2.08 bits per heavy atom. The fraction of sp³-hybridized carbons (Fsp3) is 0.280. The van der Waals surface area contributed by atoms with E-state index in [4.69, 9.17) is 10.5 Å². The number of H-pyrrole nitrogens is 1. The topological polar surface area (TPSA) is 158 Å². The number of benzene rings is 1. The molecule has 4 N–H and O–H groups in total. The fourth-order valence-electron chi connectivity index (χ4n) is 4.18. The number of halogens is 1. The highest BCUT2D eigenvalue weighted by Crippen LogP contribution is 2.40. The number of ether oxygens (including phenoxy) is 1. The van der Waals surface area contributed by atoms with Crippen molar-refractivity contribution in [3.63, 3.8) is 0 Å². The van der Waals surface area contributed by atoms with Crippen LogP contribution in [0.3, 0.4) is 0 Å². The van der Waals surface area contributed by atoms with Gasteiger partial charge in [0.15, 0.2) is 22.9 Å². The third-order valence-electron chi connectivity index (χ3n) is 6.20. The molecule has 1 aliphatic carbocycles. The van der Waals surface area contributed by atoms with Crippen LogP contribution in [0.4, 0.5) is 4.39 Å². The van der Waals surface area contributed by atoms with Gasteiger partial charge in [0.2, 0.25) is 0 Å². The summed E-state index contributed by atoms with van der Waals surface area (Å²) in [7, 11) is 0. The van der Waals surface area contributed by atoms with Crippen LogP contribution in [-0.2, 0) is 12.1 Å². The number of imidazole rings is 1. The Kier molecular flexibility index (Phi) is 5.24. The van der Waals surface area contributed by atoms with Crippen molar-refractivity contribution in [2.45, 2.75) is 37.8 Å². The van der Waals surface area contributed by atoms with Crippen LogP contribution in [-0.4, -0.2) is 52.3 Å². The Morgan fingerprint density at radius 1 is 1.30 bits per heavy atom. The molecule has 1 aromatic carbocycles. The zero-order chi connectivity index (χ0) is 25.7. The number of fused-ring (bicyclic) bond motifs is 3. The molecule has 4 heterocycles. The summed E-state index contributed by atoms with van der Waals surface area (Å²) in [5.41, 5.74) is 4.73. The van der Waals surface area contributed by atoms with Gasteiger partial charge in [-0.1, -0.05) is 11.8 Å². The van der Waals surface area contributed by atoms with E-state index in [-0.39, 0.29) is 29.4 Å². The number of aliphatic hydroxyl groups is 1. The minimum atomic E-state index is -1.72. The summed E-state index contributed by atoms with van der Waals surface area (Å²) < 4.78 is 22.6. The number of carbonyl (C=O) groups is 1. The minimum Gasteiger partial charge on any atom is -0.491 e. The number of nitrogens with one attached hydrogen (secondary N) is 1. The maximum absolute atomic E-state index is 15.0. The van der Waals surface area contributed by atoms with E-state index in [1.807, 2.05) is 0 Å². The number of hydrogen-bond donors (Lipinski definition) is 3. The molecule has 0 saturated heterocycles. The van der Waals surface area contributed by atoms with Crippen molar-refractivity contribution in [3.05, 3.63) is 59.3 Å². The van der Waals surface area contributed by atoms with Crippen molar-refractivity contribution < 1.29 is 19.0 Å². The molecule has 3 aromatic heterocycles. The third kappa shape index (κ3) is 4.09. The number of carbonyl (C=O) groups excluding carboxylic acids is 1. The van der Waals surface area contributed by atoms with Crippen LogP contribution >= 0.6 is 0 Å². The van der Waals surface area contributed by atoms with Gasteiger partial charge in [-0.05, 0) is 31.9 Å². The van der Waals surface area contributed by atoms with Gasteiger partial charge in [0.1, 0.15) is 35.5 Å². The van der Waals surface area contributed by atoms with E-state index >= 15 is 4.39 Å². The number of hydrogen-bond acceptors (Lipinski definition) is 8. The smallest absolute Gasteiger partial charge is 0.269 e. The van der Waals surface area contributed by atoms with Gasteiger partial charge in [0, 0.05) is 24.4 Å². The highest BCUT2D eigenvalue weighted by molar-refractivity contribution is 5.97. The van der Waals surface area contributed by atoms with E-state index in [0.29, 0.717) is 35.4 Å². The molecular weight excluding hydrogens is 479 g/mol. The van der Waals surface area contributed by atoms with Crippen molar-refractivity contribution in [2.75, 3.05) is 6.61 Å². The number of rotatable bonds is 4. The lowest BCUT2D eigenvalue weighted by molar-refractivity contribution is 0.0996. The Bertz CT molecular complexity index is 1600. The lowest BCUT2D eigenvalue weighted by Gasteiger charge is -2.13. The molecule has 1 fully saturated rings. The number of nitrogens with zero attached hydrogens (tertiary/aromatic N) is 6. The summed E-state index contributed by atoms with van der Waals surface area (Å²) in [6.45, 7) is 1.91.